The first kappa shape index (κ1) is 19.8. The van der Waals surface area contributed by atoms with Crippen molar-refractivity contribution in [3.05, 3.63) is 77.6 Å². The van der Waals surface area contributed by atoms with E-state index in [0.717, 1.165) is 17.4 Å². The maximum atomic E-state index is 11.9. The van der Waals surface area contributed by atoms with Crippen LogP contribution in [0.5, 0.6) is 17.2 Å². The molecule has 0 unspecified atom stereocenters. The minimum atomic E-state index is -0.339. The monoisotopic (exact) mass is 366 g/mol. The molecule has 0 aliphatic rings. The molecular formula is C22H22O5. The summed E-state index contributed by atoms with van der Waals surface area (Å²) in [5.41, 5.74) is 1.56. The predicted molar refractivity (Wildman–Crippen MR) is 106 cm³/mol. The van der Waals surface area contributed by atoms with Crippen LogP contribution in [-0.4, -0.2) is 29.7 Å². The summed E-state index contributed by atoms with van der Waals surface area (Å²) in [6.07, 6.45) is 7.17. The van der Waals surface area contributed by atoms with Crippen LogP contribution in [0.2, 0.25) is 0 Å². The molecule has 140 valence electrons. The Bertz CT molecular complexity index is 861. The number of aliphatic hydroxyl groups excluding tert-OH is 1. The second-order valence-corrected chi connectivity index (χ2v) is 5.57. The molecule has 0 atom stereocenters. The van der Waals surface area contributed by atoms with E-state index in [0.29, 0.717) is 17.9 Å². The number of ether oxygens (including phenoxy) is 2. The number of aromatic hydroxyl groups is 1. The first-order valence-electron chi connectivity index (χ1n) is 8.42. The van der Waals surface area contributed by atoms with Gasteiger partial charge in [-0.15, -0.1) is 0 Å². The van der Waals surface area contributed by atoms with Gasteiger partial charge in [-0.05, 0) is 54.5 Å². The summed E-state index contributed by atoms with van der Waals surface area (Å²) in [5, 5.41) is 19.4. The van der Waals surface area contributed by atoms with Crippen molar-refractivity contribution >= 4 is 17.9 Å². The summed E-state index contributed by atoms with van der Waals surface area (Å²) in [4.78, 5) is 11.9. The number of carbonyl (C=O) groups is 1. The summed E-state index contributed by atoms with van der Waals surface area (Å²) in [6, 6.07) is 12.1. The van der Waals surface area contributed by atoms with Crippen molar-refractivity contribution in [2.45, 2.75) is 6.92 Å². The molecular weight excluding hydrogens is 344 g/mol. The van der Waals surface area contributed by atoms with E-state index in [2.05, 4.69) is 0 Å². The van der Waals surface area contributed by atoms with Crippen LogP contribution in [0.1, 0.15) is 18.1 Å². The van der Waals surface area contributed by atoms with Gasteiger partial charge in [-0.2, -0.15) is 0 Å². The van der Waals surface area contributed by atoms with E-state index in [4.69, 9.17) is 9.47 Å². The maximum Gasteiger partial charge on any atom is 0.182 e. The van der Waals surface area contributed by atoms with Gasteiger partial charge in [0.1, 0.15) is 11.5 Å². The molecule has 2 N–H and O–H groups in total. The Morgan fingerprint density at radius 1 is 1.04 bits per heavy atom. The van der Waals surface area contributed by atoms with Crippen LogP contribution in [0, 0.1) is 0 Å². The molecule has 5 heteroatoms. The normalized spacial score (nSPS) is 11.9. The highest BCUT2D eigenvalue weighted by atomic mass is 16.5. The molecule has 0 saturated carbocycles. The molecule has 27 heavy (non-hydrogen) atoms. The molecule has 2 aromatic carbocycles. The number of aliphatic hydroxyl groups is 1. The first-order chi connectivity index (χ1) is 13.0. The zero-order valence-electron chi connectivity index (χ0n) is 15.3. The molecule has 0 fully saturated rings. The number of allylic oxidation sites excluding steroid dienone is 3. The fourth-order valence-electron chi connectivity index (χ4n) is 2.24. The number of hydrogen-bond acceptors (Lipinski definition) is 5. The van der Waals surface area contributed by atoms with Gasteiger partial charge in [0.05, 0.1) is 13.7 Å². The number of phenols is 1. The number of phenolic OH excluding ortho intramolecular Hbond substituents is 1. The summed E-state index contributed by atoms with van der Waals surface area (Å²) < 4.78 is 10.4. The summed E-state index contributed by atoms with van der Waals surface area (Å²) in [5.74, 6) is 0.617. The smallest absolute Gasteiger partial charge is 0.182 e. The average Bonchev–Trinajstić information content (AvgIpc) is 2.67. The zero-order chi connectivity index (χ0) is 19.6. The van der Waals surface area contributed by atoms with Crippen LogP contribution in [0.4, 0.5) is 0 Å². The predicted octanol–water partition coefficient (Wildman–Crippen LogP) is 4.54. The van der Waals surface area contributed by atoms with Crippen molar-refractivity contribution in [2.75, 3.05) is 13.7 Å². The van der Waals surface area contributed by atoms with Crippen LogP contribution in [0.15, 0.2) is 66.5 Å². The lowest BCUT2D eigenvalue weighted by Gasteiger charge is -2.03. The molecule has 0 aliphatic carbocycles. The van der Waals surface area contributed by atoms with E-state index in [-0.39, 0.29) is 17.3 Å². The van der Waals surface area contributed by atoms with Crippen molar-refractivity contribution in [3.8, 4) is 17.2 Å². The third-order valence-corrected chi connectivity index (χ3v) is 3.57. The van der Waals surface area contributed by atoms with Crippen molar-refractivity contribution in [1.29, 1.82) is 0 Å². The largest absolute Gasteiger partial charge is 0.508 e. The van der Waals surface area contributed by atoms with Gasteiger partial charge in [-0.1, -0.05) is 30.4 Å². The molecule has 0 heterocycles. The minimum Gasteiger partial charge on any atom is -0.508 e. The number of benzene rings is 2. The standard InChI is InChI=1S/C22H22O5/c1-3-27-20-11-6-16(7-12-20)4-9-18(23)15-19(24)10-5-17-8-13-21(25)22(14-17)26-2/h4-15,24-25H,3H2,1-2H3/b9-4+,10-5+,19-15-. The van der Waals surface area contributed by atoms with E-state index >= 15 is 0 Å². The molecule has 5 nitrogen and oxygen atoms in total. The Morgan fingerprint density at radius 2 is 1.70 bits per heavy atom. The van der Waals surface area contributed by atoms with E-state index in [9.17, 15) is 15.0 Å². The topological polar surface area (TPSA) is 76.0 Å². The number of hydrogen-bond donors (Lipinski definition) is 2. The van der Waals surface area contributed by atoms with Crippen LogP contribution in [0.3, 0.4) is 0 Å². The highest BCUT2D eigenvalue weighted by Gasteiger charge is 2.01. The van der Waals surface area contributed by atoms with Crippen LogP contribution >= 0.6 is 0 Å². The highest BCUT2D eigenvalue weighted by Crippen LogP contribution is 2.26. The SMILES string of the molecule is CCOc1ccc(/C=C/C(=O)/C=C(O)/C=C/c2ccc(O)c(OC)c2)cc1. The maximum absolute atomic E-state index is 11.9. The van der Waals surface area contributed by atoms with Gasteiger partial charge < -0.3 is 19.7 Å². The summed E-state index contributed by atoms with van der Waals surface area (Å²) >= 11 is 0. The fourth-order valence-corrected chi connectivity index (χ4v) is 2.24. The number of methoxy groups -OCH3 is 1. The lowest BCUT2D eigenvalue weighted by molar-refractivity contribution is -0.110. The van der Waals surface area contributed by atoms with Crippen molar-refractivity contribution in [3.63, 3.8) is 0 Å². The Morgan fingerprint density at radius 3 is 2.37 bits per heavy atom. The number of carbonyl (C=O) groups excluding carboxylic acids is 1. The highest BCUT2D eigenvalue weighted by molar-refractivity contribution is 6.02. The van der Waals surface area contributed by atoms with E-state index in [1.807, 2.05) is 31.2 Å². The van der Waals surface area contributed by atoms with Gasteiger partial charge in [-0.3, -0.25) is 4.79 Å². The second-order valence-electron chi connectivity index (χ2n) is 5.57. The first-order valence-corrected chi connectivity index (χ1v) is 8.42. The third-order valence-electron chi connectivity index (χ3n) is 3.57. The molecule has 0 amide bonds. The molecule has 0 spiro atoms. The minimum absolute atomic E-state index is 0.0315. The van der Waals surface area contributed by atoms with Gasteiger partial charge in [0, 0.05) is 6.08 Å². The Kier molecular flexibility index (Phi) is 7.26. The molecule has 0 saturated heterocycles. The van der Waals surface area contributed by atoms with E-state index in [1.165, 1.54) is 25.3 Å². The van der Waals surface area contributed by atoms with E-state index < -0.39 is 0 Å². The molecule has 0 aliphatic heterocycles. The molecule has 0 bridgehead atoms. The molecule has 0 radical (unpaired) electrons. The van der Waals surface area contributed by atoms with Crippen LogP contribution in [0.25, 0.3) is 12.2 Å². The molecule has 2 aromatic rings. The van der Waals surface area contributed by atoms with Crippen LogP contribution < -0.4 is 9.47 Å². The lowest BCUT2D eigenvalue weighted by atomic mass is 10.1. The molecule has 0 aromatic heterocycles. The number of ketones is 1. The Hall–Kier alpha value is -3.47. The van der Waals surface area contributed by atoms with Crippen molar-refractivity contribution < 1.29 is 24.5 Å². The Labute approximate surface area is 158 Å². The quantitative estimate of drug-likeness (QED) is 0.408. The Balaban J connectivity index is 1.99. The number of rotatable bonds is 8. The third kappa shape index (κ3) is 6.40. The average molecular weight is 366 g/mol. The van der Waals surface area contributed by atoms with Crippen molar-refractivity contribution in [2.24, 2.45) is 0 Å². The van der Waals surface area contributed by atoms with Gasteiger partial charge in [0.25, 0.3) is 0 Å². The van der Waals surface area contributed by atoms with Crippen molar-refractivity contribution in [1.82, 2.24) is 0 Å². The fraction of sp³-hybridized carbons (Fsp3) is 0.136. The summed E-state index contributed by atoms with van der Waals surface area (Å²) in [7, 11) is 1.45. The van der Waals surface area contributed by atoms with Gasteiger partial charge in [0.2, 0.25) is 0 Å². The van der Waals surface area contributed by atoms with Gasteiger partial charge in [0.15, 0.2) is 17.3 Å². The van der Waals surface area contributed by atoms with Gasteiger partial charge in [-0.25, -0.2) is 0 Å². The van der Waals surface area contributed by atoms with Gasteiger partial charge >= 0.3 is 0 Å². The summed E-state index contributed by atoms with van der Waals surface area (Å²) in [6.45, 7) is 2.51. The lowest BCUT2D eigenvalue weighted by Crippen LogP contribution is -1.91. The van der Waals surface area contributed by atoms with E-state index in [1.54, 1.807) is 24.3 Å². The zero-order valence-corrected chi connectivity index (χ0v) is 15.3. The molecule has 2 rings (SSSR count). The second kappa shape index (κ2) is 9.87. The van der Waals surface area contributed by atoms with Crippen LogP contribution in [-0.2, 0) is 4.79 Å².